The molecule has 0 amide bonds. The van der Waals surface area contributed by atoms with Crippen molar-refractivity contribution in [2.45, 2.75) is 60.1 Å². The highest BCUT2D eigenvalue weighted by molar-refractivity contribution is 8.01. The Bertz CT molecular complexity index is 245. The molecule has 1 fully saturated rings. The molecular formula is C13H29NOP2. The fourth-order valence-electron chi connectivity index (χ4n) is 2.63. The lowest BCUT2D eigenvalue weighted by Crippen LogP contribution is -2.52. The molecule has 4 heteroatoms. The van der Waals surface area contributed by atoms with Gasteiger partial charge in [-0.05, 0) is 25.7 Å². The fraction of sp³-hybridized carbons (Fsp3) is 1.00. The van der Waals surface area contributed by atoms with Crippen LogP contribution < -0.4 is 0 Å². The van der Waals surface area contributed by atoms with Gasteiger partial charge in [0.05, 0.1) is 6.10 Å². The molecule has 1 aliphatic rings. The average Bonchev–Trinajstić information content (AvgIpc) is 2.36. The lowest BCUT2D eigenvalue weighted by molar-refractivity contribution is -0.0652. The van der Waals surface area contributed by atoms with Gasteiger partial charge in [0.25, 0.3) is 0 Å². The molecule has 1 rings (SSSR count). The van der Waals surface area contributed by atoms with E-state index in [1.54, 1.807) is 0 Å². The lowest BCUT2D eigenvalue weighted by Gasteiger charge is -2.46. The summed E-state index contributed by atoms with van der Waals surface area (Å²) < 4.78 is 8.80. The third-order valence-corrected chi connectivity index (χ3v) is 5.20. The van der Waals surface area contributed by atoms with E-state index in [0.29, 0.717) is 12.1 Å². The van der Waals surface area contributed by atoms with E-state index < -0.39 is 0 Å². The zero-order valence-electron chi connectivity index (χ0n) is 12.2. The molecule has 1 saturated heterocycles. The highest BCUT2D eigenvalue weighted by Gasteiger charge is 2.43. The first kappa shape index (κ1) is 15.8. The Kier molecular flexibility index (Phi) is 5.43. The first-order valence-corrected chi connectivity index (χ1v) is 9.28. The van der Waals surface area contributed by atoms with Gasteiger partial charge in [0, 0.05) is 19.2 Å². The van der Waals surface area contributed by atoms with Gasteiger partial charge in [-0.3, -0.25) is 4.67 Å². The summed E-state index contributed by atoms with van der Waals surface area (Å²) in [6.07, 6.45) is 1.47. The van der Waals surface area contributed by atoms with E-state index in [-0.39, 0.29) is 10.8 Å². The highest BCUT2D eigenvalue weighted by Crippen LogP contribution is 2.44. The van der Waals surface area contributed by atoms with Crippen molar-refractivity contribution in [1.29, 1.82) is 0 Å². The van der Waals surface area contributed by atoms with Crippen LogP contribution in [0.3, 0.4) is 0 Å². The van der Waals surface area contributed by atoms with Crippen LogP contribution in [-0.4, -0.2) is 30.0 Å². The molecule has 1 aliphatic heterocycles. The molecule has 0 aromatic heterocycles. The third kappa shape index (κ3) is 4.13. The summed E-state index contributed by atoms with van der Waals surface area (Å²) in [5.41, 5.74) is 0.455. The monoisotopic (exact) mass is 277 g/mol. The molecule has 1 heterocycles. The number of hydrogen-bond acceptors (Lipinski definition) is 2. The van der Waals surface area contributed by atoms with Crippen LogP contribution in [0.25, 0.3) is 0 Å². The maximum atomic E-state index is 6.19. The van der Waals surface area contributed by atoms with Gasteiger partial charge < -0.3 is 4.74 Å². The van der Waals surface area contributed by atoms with Crippen LogP contribution in [0.2, 0.25) is 0 Å². The SMILES string of the molecule is CC(C)(C)C1OCCCN(PP)C1C(C)(C)C. The van der Waals surface area contributed by atoms with E-state index in [2.05, 4.69) is 55.1 Å². The van der Waals surface area contributed by atoms with Crippen molar-refractivity contribution in [3.8, 4) is 0 Å². The number of rotatable bonds is 1. The van der Waals surface area contributed by atoms with Crippen molar-refractivity contribution < 1.29 is 4.74 Å². The van der Waals surface area contributed by atoms with Gasteiger partial charge >= 0.3 is 0 Å². The molecule has 0 spiro atoms. The molecule has 0 N–H and O–H groups in total. The molecule has 0 saturated carbocycles. The van der Waals surface area contributed by atoms with Crippen molar-refractivity contribution in [3.63, 3.8) is 0 Å². The number of hydrogen-bond donors (Lipinski definition) is 0. The Morgan fingerprint density at radius 1 is 1.12 bits per heavy atom. The van der Waals surface area contributed by atoms with E-state index in [4.69, 9.17) is 4.74 Å². The van der Waals surface area contributed by atoms with E-state index in [9.17, 15) is 0 Å². The Labute approximate surface area is 111 Å². The Morgan fingerprint density at radius 2 is 1.71 bits per heavy atom. The first-order valence-electron chi connectivity index (χ1n) is 6.52. The summed E-state index contributed by atoms with van der Waals surface area (Å²) in [7, 11) is 3.70. The van der Waals surface area contributed by atoms with Crippen LogP contribution in [-0.2, 0) is 4.74 Å². The van der Waals surface area contributed by atoms with E-state index in [0.717, 1.165) is 28.0 Å². The minimum atomic E-state index is 0.199. The molecule has 0 aromatic carbocycles. The summed E-state index contributed by atoms with van der Waals surface area (Å²) >= 11 is 0. The zero-order valence-corrected chi connectivity index (χ0v) is 14.4. The average molecular weight is 277 g/mol. The third-order valence-electron chi connectivity index (χ3n) is 3.37. The van der Waals surface area contributed by atoms with E-state index in [1.807, 2.05) is 0 Å². The second kappa shape index (κ2) is 5.83. The zero-order chi connectivity index (χ0) is 13.3. The second-order valence-corrected chi connectivity index (χ2v) is 8.75. The van der Waals surface area contributed by atoms with Crippen molar-refractivity contribution in [3.05, 3.63) is 0 Å². The lowest BCUT2D eigenvalue weighted by atomic mass is 9.74. The first-order chi connectivity index (χ1) is 7.68. The quantitative estimate of drug-likeness (QED) is 0.673. The van der Waals surface area contributed by atoms with Crippen LogP contribution in [0, 0.1) is 10.8 Å². The van der Waals surface area contributed by atoms with Gasteiger partial charge in [0.15, 0.2) is 0 Å². The fourth-order valence-corrected chi connectivity index (χ4v) is 4.47. The minimum Gasteiger partial charge on any atom is -0.376 e. The predicted octanol–water partition coefficient (Wildman–Crippen LogP) is 3.92. The maximum Gasteiger partial charge on any atom is 0.0786 e. The molecule has 4 atom stereocenters. The van der Waals surface area contributed by atoms with Gasteiger partial charge in [0.1, 0.15) is 0 Å². The van der Waals surface area contributed by atoms with Gasteiger partial charge in [-0.2, -0.15) is 0 Å². The maximum absolute atomic E-state index is 6.19. The molecule has 0 bridgehead atoms. The molecule has 0 aliphatic carbocycles. The standard InChI is InChI=1S/C13H29NOP2/c1-12(2,3)10-11(13(4,5)6)15-9-7-8-14(10)17-16/h10-11,17H,7-9,16H2,1-6H3. The smallest absolute Gasteiger partial charge is 0.0786 e. The van der Waals surface area contributed by atoms with E-state index >= 15 is 0 Å². The van der Waals surface area contributed by atoms with Crippen molar-refractivity contribution in [2.75, 3.05) is 13.2 Å². The summed E-state index contributed by atoms with van der Waals surface area (Å²) in [5, 5.41) is 0. The van der Waals surface area contributed by atoms with Crippen molar-refractivity contribution in [2.24, 2.45) is 10.8 Å². The molecule has 0 aromatic rings. The van der Waals surface area contributed by atoms with Crippen molar-refractivity contribution >= 4 is 17.3 Å². The van der Waals surface area contributed by atoms with Gasteiger partial charge in [-0.15, -0.1) is 0 Å². The highest BCUT2D eigenvalue weighted by atomic mass is 32.0. The Hall–Kier alpha value is 0.780. The van der Waals surface area contributed by atoms with Crippen LogP contribution in [0.5, 0.6) is 0 Å². The second-order valence-electron chi connectivity index (χ2n) is 7.14. The Balaban J connectivity index is 3.05. The molecule has 102 valence electrons. The molecule has 17 heavy (non-hydrogen) atoms. The van der Waals surface area contributed by atoms with Gasteiger partial charge in [-0.1, -0.05) is 50.5 Å². The topological polar surface area (TPSA) is 12.5 Å². The molecule has 2 nitrogen and oxygen atoms in total. The summed E-state index contributed by atoms with van der Waals surface area (Å²) in [5.74, 6) is 0. The largest absolute Gasteiger partial charge is 0.376 e. The Morgan fingerprint density at radius 3 is 2.12 bits per heavy atom. The van der Waals surface area contributed by atoms with Gasteiger partial charge in [-0.25, -0.2) is 0 Å². The summed E-state index contributed by atoms with van der Waals surface area (Å²) in [6.45, 7) is 16.0. The van der Waals surface area contributed by atoms with Crippen molar-refractivity contribution in [1.82, 2.24) is 4.67 Å². The van der Waals surface area contributed by atoms with E-state index in [1.165, 1.54) is 0 Å². The van der Waals surface area contributed by atoms with Crippen LogP contribution in [0.4, 0.5) is 0 Å². The number of ether oxygens (including phenoxy) is 1. The molecule has 0 radical (unpaired) electrons. The van der Waals surface area contributed by atoms with Gasteiger partial charge in [0.2, 0.25) is 0 Å². The van der Waals surface area contributed by atoms with Crippen LogP contribution >= 0.6 is 17.3 Å². The predicted molar refractivity (Wildman–Crippen MR) is 81.8 cm³/mol. The molecule has 4 unspecified atom stereocenters. The van der Waals surface area contributed by atoms with Crippen LogP contribution in [0.1, 0.15) is 48.0 Å². The molecular weight excluding hydrogens is 248 g/mol. The van der Waals surface area contributed by atoms with Crippen LogP contribution in [0.15, 0.2) is 0 Å². The normalized spacial score (nSPS) is 29.8. The number of nitrogens with zero attached hydrogens (tertiary/aromatic N) is 1. The minimum absolute atomic E-state index is 0.199. The summed E-state index contributed by atoms with van der Waals surface area (Å²) in [6, 6.07) is 0.501. The summed E-state index contributed by atoms with van der Waals surface area (Å²) in [4.78, 5) is 0.